The fourth-order valence-electron chi connectivity index (χ4n) is 1.29. The smallest absolute Gasteiger partial charge is 0.00690 e. The van der Waals surface area contributed by atoms with E-state index in [9.17, 15) is 0 Å². The van der Waals surface area contributed by atoms with Crippen LogP contribution in [0, 0.1) is 5.41 Å². The van der Waals surface area contributed by atoms with Gasteiger partial charge in [-0.2, -0.15) is 0 Å². The van der Waals surface area contributed by atoms with Gasteiger partial charge in [-0.1, -0.05) is 31.2 Å². The molecule has 0 saturated heterocycles. The Morgan fingerprint density at radius 1 is 1.50 bits per heavy atom. The maximum Gasteiger partial charge on any atom is -0.00690 e. The van der Waals surface area contributed by atoms with Crippen LogP contribution in [0.4, 0.5) is 0 Å². The molecule has 0 fully saturated rings. The second-order valence-corrected chi connectivity index (χ2v) is 3.18. The zero-order chi connectivity index (χ0) is 7.45. The Hall–Kier alpha value is -0.560. The lowest BCUT2D eigenvalue weighted by Gasteiger charge is -2.25. The molecule has 1 atom stereocenters. The first-order valence-electron chi connectivity index (χ1n) is 3.81. The first-order valence-corrected chi connectivity index (χ1v) is 3.81. The van der Waals surface area contributed by atoms with Crippen LogP contribution in [0.1, 0.15) is 19.8 Å². The third-order valence-electron chi connectivity index (χ3n) is 2.05. The summed E-state index contributed by atoms with van der Waals surface area (Å²) >= 11 is 0. The molecule has 1 aliphatic carbocycles. The number of rotatable bonds is 2. The molecule has 0 bridgehead atoms. The lowest BCUT2D eigenvalue weighted by molar-refractivity contribution is 0.400. The van der Waals surface area contributed by atoms with Crippen molar-refractivity contribution in [2.45, 2.75) is 19.8 Å². The van der Waals surface area contributed by atoms with Crippen LogP contribution >= 0.6 is 0 Å². The maximum atomic E-state index is 5.49. The number of allylic oxidation sites excluding steroid dienone is 4. The zero-order valence-corrected chi connectivity index (χ0v) is 6.51. The molecule has 0 spiro atoms. The van der Waals surface area contributed by atoms with Crippen molar-refractivity contribution in [2.75, 3.05) is 6.54 Å². The molecule has 10 heavy (non-hydrogen) atoms. The molecular formula is C9H15N. The first kappa shape index (κ1) is 7.55. The van der Waals surface area contributed by atoms with Crippen LogP contribution < -0.4 is 5.73 Å². The molecule has 0 aromatic heterocycles. The van der Waals surface area contributed by atoms with E-state index >= 15 is 0 Å². The van der Waals surface area contributed by atoms with E-state index in [1.807, 2.05) is 0 Å². The maximum absolute atomic E-state index is 5.49. The van der Waals surface area contributed by atoms with Crippen LogP contribution in [-0.2, 0) is 0 Å². The Kier molecular flexibility index (Phi) is 2.28. The summed E-state index contributed by atoms with van der Waals surface area (Å²) in [4.78, 5) is 0. The zero-order valence-electron chi connectivity index (χ0n) is 6.51. The van der Waals surface area contributed by atoms with E-state index in [-0.39, 0.29) is 0 Å². The minimum absolute atomic E-state index is 0.337. The second kappa shape index (κ2) is 3.02. The van der Waals surface area contributed by atoms with Crippen LogP contribution in [0.25, 0.3) is 0 Å². The highest BCUT2D eigenvalue weighted by molar-refractivity contribution is 5.15. The first-order chi connectivity index (χ1) is 4.77. The van der Waals surface area contributed by atoms with Crippen molar-refractivity contribution in [1.82, 2.24) is 0 Å². The molecule has 1 nitrogen and oxygen atoms in total. The van der Waals surface area contributed by atoms with Gasteiger partial charge in [0.1, 0.15) is 0 Å². The van der Waals surface area contributed by atoms with Gasteiger partial charge in [0.2, 0.25) is 0 Å². The SMILES string of the molecule is CC1(CCN)C=CC=CC1. The van der Waals surface area contributed by atoms with Gasteiger partial charge in [-0.25, -0.2) is 0 Å². The molecule has 1 aliphatic rings. The number of hydrogen-bond acceptors (Lipinski definition) is 1. The van der Waals surface area contributed by atoms with Gasteiger partial charge in [0.05, 0.1) is 0 Å². The van der Waals surface area contributed by atoms with Crippen molar-refractivity contribution in [3.63, 3.8) is 0 Å². The van der Waals surface area contributed by atoms with Gasteiger partial charge in [0.25, 0.3) is 0 Å². The summed E-state index contributed by atoms with van der Waals surface area (Å²) in [7, 11) is 0. The van der Waals surface area contributed by atoms with Crippen LogP contribution in [0.5, 0.6) is 0 Å². The second-order valence-electron chi connectivity index (χ2n) is 3.18. The molecular weight excluding hydrogens is 122 g/mol. The topological polar surface area (TPSA) is 26.0 Å². The average molecular weight is 137 g/mol. The van der Waals surface area contributed by atoms with Crippen molar-refractivity contribution in [3.8, 4) is 0 Å². The van der Waals surface area contributed by atoms with Gasteiger partial charge in [-0.3, -0.25) is 0 Å². The fraction of sp³-hybridized carbons (Fsp3) is 0.556. The normalized spacial score (nSPS) is 31.0. The van der Waals surface area contributed by atoms with Crippen LogP contribution in [0.3, 0.4) is 0 Å². The summed E-state index contributed by atoms with van der Waals surface area (Å²) in [5.41, 5.74) is 5.82. The summed E-state index contributed by atoms with van der Waals surface area (Å²) < 4.78 is 0. The highest BCUT2D eigenvalue weighted by Gasteiger charge is 2.18. The Morgan fingerprint density at radius 2 is 2.30 bits per heavy atom. The quantitative estimate of drug-likeness (QED) is 0.617. The van der Waals surface area contributed by atoms with Gasteiger partial charge in [0.15, 0.2) is 0 Å². The Labute approximate surface area is 62.6 Å². The predicted molar refractivity (Wildman–Crippen MR) is 44.7 cm³/mol. The lowest BCUT2D eigenvalue weighted by Crippen LogP contribution is -2.18. The molecule has 0 radical (unpaired) electrons. The molecule has 1 rings (SSSR count). The molecule has 1 heteroatoms. The summed E-state index contributed by atoms with van der Waals surface area (Å²) in [6.45, 7) is 3.04. The monoisotopic (exact) mass is 137 g/mol. The Morgan fingerprint density at radius 3 is 2.80 bits per heavy atom. The summed E-state index contributed by atoms with van der Waals surface area (Å²) in [5, 5.41) is 0. The summed E-state index contributed by atoms with van der Waals surface area (Å²) in [6, 6.07) is 0. The van der Waals surface area contributed by atoms with Crippen molar-refractivity contribution >= 4 is 0 Å². The van der Waals surface area contributed by atoms with Crippen molar-refractivity contribution in [2.24, 2.45) is 11.1 Å². The van der Waals surface area contributed by atoms with E-state index in [0.717, 1.165) is 19.4 Å². The van der Waals surface area contributed by atoms with E-state index in [1.165, 1.54) is 0 Å². The fourth-order valence-corrected chi connectivity index (χ4v) is 1.29. The van der Waals surface area contributed by atoms with E-state index in [4.69, 9.17) is 5.73 Å². The van der Waals surface area contributed by atoms with Gasteiger partial charge in [-0.05, 0) is 24.8 Å². The Bertz CT molecular complexity index is 158. The molecule has 2 N–H and O–H groups in total. The highest BCUT2D eigenvalue weighted by Crippen LogP contribution is 2.29. The lowest BCUT2D eigenvalue weighted by atomic mass is 9.81. The molecule has 0 aromatic rings. The number of hydrogen-bond donors (Lipinski definition) is 1. The summed E-state index contributed by atoms with van der Waals surface area (Å²) in [6.07, 6.45) is 10.9. The third-order valence-corrected chi connectivity index (χ3v) is 2.05. The van der Waals surface area contributed by atoms with Gasteiger partial charge >= 0.3 is 0 Å². The Balaban J connectivity index is 2.52. The van der Waals surface area contributed by atoms with Crippen LogP contribution in [0.2, 0.25) is 0 Å². The van der Waals surface area contributed by atoms with Crippen LogP contribution in [-0.4, -0.2) is 6.54 Å². The minimum Gasteiger partial charge on any atom is -0.330 e. The number of nitrogens with two attached hydrogens (primary N) is 1. The molecule has 0 aliphatic heterocycles. The third kappa shape index (κ3) is 1.71. The predicted octanol–water partition coefficient (Wildman–Crippen LogP) is 1.86. The molecule has 1 unspecified atom stereocenters. The van der Waals surface area contributed by atoms with Crippen LogP contribution in [0.15, 0.2) is 24.3 Å². The van der Waals surface area contributed by atoms with Gasteiger partial charge in [0, 0.05) is 0 Å². The van der Waals surface area contributed by atoms with Crippen molar-refractivity contribution in [1.29, 1.82) is 0 Å². The van der Waals surface area contributed by atoms with E-state index in [0.29, 0.717) is 5.41 Å². The minimum atomic E-state index is 0.337. The van der Waals surface area contributed by atoms with E-state index in [2.05, 4.69) is 31.2 Å². The molecule has 56 valence electrons. The molecule has 0 amide bonds. The van der Waals surface area contributed by atoms with Gasteiger partial charge < -0.3 is 5.73 Å². The van der Waals surface area contributed by atoms with Crippen molar-refractivity contribution < 1.29 is 0 Å². The largest absolute Gasteiger partial charge is 0.330 e. The molecule has 0 saturated carbocycles. The average Bonchev–Trinajstić information content (AvgIpc) is 1.89. The van der Waals surface area contributed by atoms with Crippen molar-refractivity contribution in [3.05, 3.63) is 24.3 Å². The molecule has 0 heterocycles. The highest BCUT2D eigenvalue weighted by atomic mass is 14.5. The van der Waals surface area contributed by atoms with E-state index in [1.54, 1.807) is 0 Å². The molecule has 0 aromatic carbocycles. The summed E-state index contributed by atoms with van der Waals surface area (Å²) in [5.74, 6) is 0. The standard InChI is InChI=1S/C9H15N/c1-9(7-8-10)5-3-2-4-6-9/h2-5H,6-8,10H2,1H3. The van der Waals surface area contributed by atoms with E-state index < -0.39 is 0 Å². The van der Waals surface area contributed by atoms with Gasteiger partial charge in [-0.15, -0.1) is 0 Å².